The predicted molar refractivity (Wildman–Crippen MR) is 59.9 cm³/mol. The maximum absolute atomic E-state index is 11.5. The van der Waals surface area contributed by atoms with Gasteiger partial charge in [0.15, 0.2) is 5.84 Å². The van der Waals surface area contributed by atoms with E-state index < -0.39 is 27.7 Å². The fraction of sp³-hybridized carbons (Fsp3) is 0.750. The van der Waals surface area contributed by atoms with Gasteiger partial charge in [0.05, 0.1) is 11.7 Å². The van der Waals surface area contributed by atoms with E-state index in [9.17, 15) is 13.2 Å². The third-order valence-corrected chi connectivity index (χ3v) is 3.00. The van der Waals surface area contributed by atoms with Gasteiger partial charge in [-0.3, -0.25) is 4.79 Å². The third-order valence-electron chi connectivity index (χ3n) is 1.89. The lowest BCUT2D eigenvalue weighted by molar-refractivity contribution is -0.123. The van der Waals surface area contributed by atoms with Gasteiger partial charge >= 0.3 is 0 Å². The highest BCUT2D eigenvalue weighted by atomic mass is 32.2. The van der Waals surface area contributed by atoms with E-state index in [4.69, 9.17) is 10.9 Å². The molecule has 16 heavy (non-hydrogen) atoms. The Morgan fingerprint density at radius 3 is 2.38 bits per heavy atom. The van der Waals surface area contributed by atoms with Gasteiger partial charge in [0.25, 0.3) is 0 Å². The van der Waals surface area contributed by atoms with E-state index in [1.54, 1.807) is 6.92 Å². The predicted octanol–water partition coefficient (Wildman–Crippen LogP) is -1.08. The summed E-state index contributed by atoms with van der Waals surface area (Å²) < 4.78 is 21.9. The van der Waals surface area contributed by atoms with Crippen LogP contribution < -0.4 is 11.1 Å². The maximum Gasteiger partial charge on any atom is 0.230 e. The summed E-state index contributed by atoms with van der Waals surface area (Å²) in [5, 5.41) is 13.5. The first-order valence-electron chi connectivity index (χ1n) is 4.63. The molecule has 0 aliphatic rings. The molecule has 94 valence electrons. The van der Waals surface area contributed by atoms with Gasteiger partial charge in [-0.2, -0.15) is 0 Å². The summed E-state index contributed by atoms with van der Waals surface area (Å²) >= 11 is 0. The summed E-state index contributed by atoms with van der Waals surface area (Å²) in [4.78, 5) is 11.5. The summed E-state index contributed by atoms with van der Waals surface area (Å²) in [7, 11) is -3.15. The Hall–Kier alpha value is -1.31. The number of hydrogen-bond acceptors (Lipinski definition) is 5. The Balaban J connectivity index is 4.36. The van der Waals surface area contributed by atoms with Gasteiger partial charge < -0.3 is 16.3 Å². The van der Waals surface area contributed by atoms with Crippen molar-refractivity contribution in [3.63, 3.8) is 0 Å². The van der Waals surface area contributed by atoms with Crippen molar-refractivity contribution in [2.24, 2.45) is 16.8 Å². The van der Waals surface area contributed by atoms with Crippen LogP contribution in [0.4, 0.5) is 0 Å². The topological polar surface area (TPSA) is 122 Å². The van der Waals surface area contributed by atoms with Crippen molar-refractivity contribution in [3.05, 3.63) is 0 Å². The molecule has 0 rings (SSSR count). The Morgan fingerprint density at radius 2 is 2.00 bits per heavy atom. The second-order valence-corrected chi connectivity index (χ2v) is 5.93. The summed E-state index contributed by atoms with van der Waals surface area (Å²) in [6.45, 7) is 3.02. The molecule has 0 spiro atoms. The molecule has 0 heterocycles. The number of nitrogens with zero attached hydrogens (tertiary/aromatic N) is 1. The van der Waals surface area contributed by atoms with Crippen molar-refractivity contribution in [3.8, 4) is 0 Å². The van der Waals surface area contributed by atoms with E-state index in [1.807, 2.05) is 0 Å². The van der Waals surface area contributed by atoms with Crippen LogP contribution in [0.15, 0.2) is 5.16 Å². The number of nitrogens with two attached hydrogens (primary N) is 1. The number of sulfone groups is 1. The fourth-order valence-corrected chi connectivity index (χ4v) is 2.08. The molecule has 0 aromatic carbocycles. The van der Waals surface area contributed by atoms with Crippen molar-refractivity contribution >= 4 is 21.6 Å². The molecule has 0 aliphatic carbocycles. The summed E-state index contributed by atoms with van der Waals surface area (Å²) in [6, 6.07) is -0.517. The quantitative estimate of drug-likeness (QED) is 0.248. The second-order valence-electron chi connectivity index (χ2n) is 3.75. The number of rotatable bonds is 5. The molecular weight excluding hydrogens is 234 g/mol. The molecule has 0 saturated carbocycles. The molecule has 0 radical (unpaired) electrons. The smallest absolute Gasteiger partial charge is 0.230 e. The van der Waals surface area contributed by atoms with Crippen LogP contribution in [0, 0.1) is 5.92 Å². The standard InChI is InChI=1S/C8H17N3O4S/c1-5(4-16(3,14)15)10-8(12)6(2)7(9)11-13/h5-6,13H,4H2,1-3H3,(H2,9,11)(H,10,12). The highest BCUT2D eigenvalue weighted by Crippen LogP contribution is 1.97. The number of carbonyl (C=O) groups excluding carboxylic acids is 1. The van der Waals surface area contributed by atoms with E-state index in [-0.39, 0.29) is 11.6 Å². The molecular formula is C8H17N3O4S. The molecule has 0 bridgehead atoms. The number of hydrogen-bond donors (Lipinski definition) is 3. The minimum absolute atomic E-state index is 0.151. The van der Waals surface area contributed by atoms with Crippen LogP contribution in [0.3, 0.4) is 0 Å². The Labute approximate surface area is 94.6 Å². The van der Waals surface area contributed by atoms with Crippen LogP contribution in [0.2, 0.25) is 0 Å². The first-order valence-corrected chi connectivity index (χ1v) is 6.69. The van der Waals surface area contributed by atoms with Gasteiger partial charge in [-0.15, -0.1) is 0 Å². The van der Waals surface area contributed by atoms with E-state index >= 15 is 0 Å². The molecule has 2 atom stereocenters. The van der Waals surface area contributed by atoms with Crippen molar-refractivity contribution in [2.75, 3.05) is 12.0 Å². The molecule has 0 saturated heterocycles. The molecule has 7 nitrogen and oxygen atoms in total. The molecule has 0 aromatic rings. The molecule has 1 amide bonds. The lowest BCUT2D eigenvalue weighted by atomic mass is 10.1. The molecule has 0 aromatic heterocycles. The minimum Gasteiger partial charge on any atom is -0.409 e. The summed E-state index contributed by atoms with van der Waals surface area (Å²) in [5.41, 5.74) is 5.24. The second kappa shape index (κ2) is 5.69. The number of amides is 1. The number of nitrogens with one attached hydrogen (secondary N) is 1. The van der Waals surface area contributed by atoms with E-state index in [2.05, 4.69) is 10.5 Å². The van der Waals surface area contributed by atoms with Crippen LogP contribution in [-0.4, -0.2) is 43.4 Å². The SMILES string of the molecule is CC(CS(C)(=O)=O)NC(=O)C(C)C(N)=NO. The number of amidine groups is 1. The average Bonchev–Trinajstić information content (AvgIpc) is 2.12. The van der Waals surface area contributed by atoms with E-state index in [1.165, 1.54) is 6.92 Å². The summed E-state index contributed by atoms with van der Waals surface area (Å²) in [6.07, 6.45) is 1.09. The van der Waals surface area contributed by atoms with E-state index in [0.717, 1.165) is 6.26 Å². The van der Waals surface area contributed by atoms with Crippen molar-refractivity contribution in [1.29, 1.82) is 0 Å². The lowest BCUT2D eigenvalue weighted by Crippen LogP contribution is -2.43. The molecule has 8 heteroatoms. The highest BCUT2D eigenvalue weighted by molar-refractivity contribution is 7.90. The van der Waals surface area contributed by atoms with Crippen LogP contribution in [0.1, 0.15) is 13.8 Å². The lowest BCUT2D eigenvalue weighted by Gasteiger charge is -2.15. The van der Waals surface area contributed by atoms with Crippen molar-refractivity contribution in [2.45, 2.75) is 19.9 Å². The van der Waals surface area contributed by atoms with Crippen molar-refractivity contribution in [1.82, 2.24) is 5.32 Å². The van der Waals surface area contributed by atoms with E-state index in [0.29, 0.717) is 0 Å². The number of carbonyl (C=O) groups is 1. The van der Waals surface area contributed by atoms with Gasteiger partial charge in [-0.05, 0) is 13.8 Å². The Bertz CT molecular complexity index is 377. The first-order chi connectivity index (χ1) is 7.17. The normalized spacial score (nSPS) is 16.6. The fourth-order valence-electron chi connectivity index (χ4n) is 1.08. The zero-order chi connectivity index (χ0) is 12.9. The van der Waals surface area contributed by atoms with Crippen LogP contribution in [-0.2, 0) is 14.6 Å². The monoisotopic (exact) mass is 251 g/mol. The Kier molecular flexibility index (Phi) is 5.22. The van der Waals surface area contributed by atoms with Gasteiger partial charge in [0, 0.05) is 12.3 Å². The molecule has 0 fully saturated rings. The molecule has 0 aliphatic heterocycles. The van der Waals surface area contributed by atoms with Crippen LogP contribution in [0.25, 0.3) is 0 Å². The first kappa shape index (κ1) is 14.7. The van der Waals surface area contributed by atoms with Crippen LogP contribution >= 0.6 is 0 Å². The van der Waals surface area contributed by atoms with Gasteiger partial charge in [-0.25, -0.2) is 8.42 Å². The van der Waals surface area contributed by atoms with Crippen LogP contribution in [0.5, 0.6) is 0 Å². The number of oxime groups is 1. The maximum atomic E-state index is 11.5. The third kappa shape index (κ3) is 5.54. The zero-order valence-corrected chi connectivity index (χ0v) is 10.3. The highest BCUT2D eigenvalue weighted by Gasteiger charge is 2.20. The molecule has 4 N–H and O–H groups in total. The Morgan fingerprint density at radius 1 is 1.50 bits per heavy atom. The zero-order valence-electron chi connectivity index (χ0n) is 9.47. The summed E-state index contributed by atoms with van der Waals surface area (Å²) in [5.74, 6) is -1.65. The average molecular weight is 251 g/mol. The molecule has 2 unspecified atom stereocenters. The van der Waals surface area contributed by atoms with Gasteiger partial charge in [0.1, 0.15) is 9.84 Å². The largest absolute Gasteiger partial charge is 0.409 e. The van der Waals surface area contributed by atoms with Gasteiger partial charge in [-0.1, -0.05) is 5.16 Å². The minimum atomic E-state index is -3.15. The van der Waals surface area contributed by atoms with Gasteiger partial charge in [0.2, 0.25) is 5.91 Å². The van der Waals surface area contributed by atoms with Crippen molar-refractivity contribution < 1.29 is 18.4 Å².